The average Bonchev–Trinajstić information content (AvgIpc) is 2.93. The second-order valence-corrected chi connectivity index (χ2v) is 5.41. The maximum Gasteiger partial charge on any atom is 0.294 e. The van der Waals surface area contributed by atoms with Crippen LogP contribution in [0.4, 0.5) is 0 Å². The van der Waals surface area contributed by atoms with Crippen LogP contribution in [-0.4, -0.2) is 42.1 Å². The summed E-state index contributed by atoms with van der Waals surface area (Å²) in [5, 5.41) is 2.31. The van der Waals surface area contributed by atoms with Crippen LogP contribution in [0.25, 0.3) is 0 Å². The summed E-state index contributed by atoms with van der Waals surface area (Å²) in [5.41, 5.74) is 3.00. The lowest BCUT2D eigenvalue weighted by molar-refractivity contribution is 0.0951. The maximum absolute atomic E-state index is 11.4. The normalized spacial score (nSPS) is 11.3. The molecule has 0 aliphatic carbocycles. The Morgan fingerprint density at radius 2 is 2.25 bits per heavy atom. The quantitative estimate of drug-likeness (QED) is 0.409. The van der Waals surface area contributed by atoms with Crippen molar-refractivity contribution in [1.82, 2.24) is 15.3 Å². The van der Waals surface area contributed by atoms with Crippen LogP contribution in [0, 0.1) is 0 Å². The van der Waals surface area contributed by atoms with E-state index in [-0.39, 0.29) is 5.91 Å². The lowest BCUT2D eigenvalue weighted by Crippen LogP contribution is -2.36. The van der Waals surface area contributed by atoms with E-state index in [1.807, 2.05) is 5.38 Å². The van der Waals surface area contributed by atoms with Crippen molar-refractivity contribution in [2.45, 2.75) is 39.3 Å². The molecule has 0 aliphatic rings. The molecular weight excluding hydrogens is 276 g/mol. The number of carbonyl (C=O) groups is 1. The number of rotatable bonds is 9. The maximum atomic E-state index is 11.4. The number of amides is 1. The Morgan fingerprint density at radius 1 is 1.55 bits per heavy atom. The Labute approximate surface area is 124 Å². The van der Waals surface area contributed by atoms with Gasteiger partial charge < -0.3 is 4.74 Å². The van der Waals surface area contributed by atoms with E-state index in [0.717, 1.165) is 31.6 Å². The van der Waals surface area contributed by atoms with Crippen molar-refractivity contribution in [3.63, 3.8) is 0 Å². The molecule has 1 amide bonds. The van der Waals surface area contributed by atoms with Crippen LogP contribution in [0.15, 0.2) is 5.38 Å². The van der Waals surface area contributed by atoms with Crippen molar-refractivity contribution in [3.8, 4) is 0 Å². The number of nitrogens with one attached hydrogen (secondary N) is 1. The summed E-state index contributed by atoms with van der Waals surface area (Å²) in [6.07, 6.45) is 2.17. The summed E-state index contributed by atoms with van der Waals surface area (Å²) in [6.45, 7) is 6.64. The zero-order valence-corrected chi connectivity index (χ0v) is 13.2. The Bertz CT molecular complexity index is 407. The highest BCUT2D eigenvalue weighted by Gasteiger charge is 2.17. The number of nitrogens with zero attached hydrogens (tertiary/aromatic N) is 2. The molecule has 0 aromatic carbocycles. The number of nitrogens with two attached hydrogens (primary N) is 1. The predicted molar refractivity (Wildman–Crippen MR) is 80.4 cm³/mol. The molecule has 6 nitrogen and oxygen atoms in total. The summed E-state index contributed by atoms with van der Waals surface area (Å²) in [7, 11) is 1.71. The molecule has 0 radical (unpaired) electrons. The molecule has 1 heterocycles. The Balaban J connectivity index is 2.72. The van der Waals surface area contributed by atoms with Crippen LogP contribution in [0.5, 0.6) is 0 Å². The van der Waals surface area contributed by atoms with E-state index in [1.165, 1.54) is 11.3 Å². The lowest BCUT2D eigenvalue weighted by atomic mass is 10.1. The van der Waals surface area contributed by atoms with Gasteiger partial charge in [0.1, 0.15) is 0 Å². The zero-order valence-electron chi connectivity index (χ0n) is 12.4. The predicted octanol–water partition coefficient (Wildman–Crippen LogP) is 1.38. The van der Waals surface area contributed by atoms with E-state index in [1.54, 1.807) is 7.11 Å². The molecule has 1 aromatic rings. The smallest absolute Gasteiger partial charge is 0.294 e. The number of hydrazine groups is 1. The largest absolute Gasteiger partial charge is 0.383 e. The van der Waals surface area contributed by atoms with E-state index in [0.29, 0.717) is 17.7 Å². The fraction of sp³-hybridized carbons (Fsp3) is 0.692. The zero-order chi connectivity index (χ0) is 15.0. The summed E-state index contributed by atoms with van der Waals surface area (Å²) in [5.74, 6) is 4.77. The molecular formula is C13H24N4O2S. The van der Waals surface area contributed by atoms with Crippen LogP contribution in [-0.2, 0) is 11.3 Å². The van der Waals surface area contributed by atoms with E-state index in [9.17, 15) is 4.79 Å². The number of aromatic nitrogens is 1. The second-order valence-electron chi connectivity index (χ2n) is 4.55. The van der Waals surface area contributed by atoms with Gasteiger partial charge in [-0.25, -0.2) is 10.8 Å². The molecule has 1 aromatic heterocycles. The molecule has 0 bridgehead atoms. The third kappa shape index (κ3) is 4.82. The molecule has 0 saturated heterocycles. The van der Waals surface area contributed by atoms with Crippen molar-refractivity contribution >= 4 is 17.2 Å². The highest BCUT2D eigenvalue weighted by atomic mass is 32.1. The second kappa shape index (κ2) is 9.02. The molecule has 0 unspecified atom stereocenters. The van der Waals surface area contributed by atoms with Gasteiger partial charge in [-0.05, 0) is 12.8 Å². The number of thiazole rings is 1. The van der Waals surface area contributed by atoms with Gasteiger partial charge in [0.25, 0.3) is 5.91 Å². The summed E-state index contributed by atoms with van der Waals surface area (Å²) >= 11 is 1.31. The van der Waals surface area contributed by atoms with Crippen LogP contribution < -0.4 is 11.3 Å². The van der Waals surface area contributed by atoms with E-state index < -0.39 is 0 Å². The van der Waals surface area contributed by atoms with Crippen LogP contribution in [0.3, 0.4) is 0 Å². The van der Waals surface area contributed by atoms with Gasteiger partial charge in [0.2, 0.25) is 0 Å². The third-order valence-corrected chi connectivity index (χ3v) is 4.17. The molecule has 114 valence electrons. The average molecular weight is 300 g/mol. The standard InChI is InChI=1S/C13H24N4O2S/c1-4-11(5-2)17(6-7-19-3)8-10-9-20-13(15-10)12(18)16-14/h9,11H,4-8,14H2,1-3H3,(H,16,18). The molecule has 1 rings (SSSR count). The Hall–Kier alpha value is -1.02. The van der Waals surface area contributed by atoms with Gasteiger partial charge in [-0.2, -0.15) is 0 Å². The van der Waals surface area contributed by atoms with Crippen molar-refractivity contribution in [2.24, 2.45) is 5.84 Å². The van der Waals surface area contributed by atoms with Crippen molar-refractivity contribution in [1.29, 1.82) is 0 Å². The molecule has 20 heavy (non-hydrogen) atoms. The number of methoxy groups -OCH3 is 1. The van der Waals surface area contributed by atoms with Crippen molar-refractivity contribution < 1.29 is 9.53 Å². The van der Waals surface area contributed by atoms with Gasteiger partial charge >= 0.3 is 0 Å². The highest BCUT2D eigenvalue weighted by Crippen LogP contribution is 2.16. The minimum absolute atomic E-state index is 0.341. The van der Waals surface area contributed by atoms with Gasteiger partial charge in [0.15, 0.2) is 5.01 Å². The SMILES string of the molecule is CCC(CC)N(CCOC)Cc1csc(C(=O)NN)n1. The van der Waals surface area contributed by atoms with E-state index in [4.69, 9.17) is 10.6 Å². The molecule has 7 heteroatoms. The van der Waals surface area contributed by atoms with Gasteiger partial charge in [-0.3, -0.25) is 15.1 Å². The Morgan fingerprint density at radius 3 is 2.80 bits per heavy atom. The van der Waals surface area contributed by atoms with Crippen LogP contribution in [0.1, 0.15) is 42.2 Å². The van der Waals surface area contributed by atoms with Crippen LogP contribution in [0.2, 0.25) is 0 Å². The van der Waals surface area contributed by atoms with E-state index in [2.05, 4.69) is 29.2 Å². The van der Waals surface area contributed by atoms with Crippen molar-refractivity contribution in [2.75, 3.05) is 20.3 Å². The fourth-order valence-electron chi connectivity index (χ4n) is 2.16. The number of ether oxygens (including phenoxy) is 1. The number of nitrogen functional groups attached to an aromatic ring is 1. The topological polar surface area (TPSA) is 80.5 Å². The number of hydrogen-bond acceptors (Lipinski definition) is 6. The van der Waals surface area contributed by atoms with Gasteiger partial charge in [0.05, 0.1) is 12.3 Å². The molecule has 0 aliphatic heterocycles. The summed E-state index contributed by atoms with van der Waals surface area (Å²) < 4.78 is 5.17. The first-order chi connectivity index (χ1) is 9.65. The molecule has 0 saturated carbocycles. The van der Waals surface area contributed by atoms with E-state index >= 15 is 0 Å². The number of hydrogen-bond donors (Lipinski definition) is 2. The van der Waals surface area contributed by atoms with Gasteiger partial charge in [-0.15, -0.1) is 11.3 Å². The third-order valence-electron chi connectivity index (χ3n) is 3.28. The monoisotopic (exact) mass is 300 g/mol. The summed E-state index contributed by atoms with van der Waals surface area (Å²) in [6, 6.07) is 0.499. The molecule has 0 spiro atoms. The summed E-state index contributed by atoms with van der Waals surface area (Å²) in [4.78, 5) is 18.1. The first-order valence-corrected chi connectivity index (χ1v) is 7.72. The fourth-order valence-corrected chi connectivity index (χ4v) is 2.87. The first kappa shape index (κ1) is 17.0. The molecule has 3 N–H and O–H groups in total. The van der Waals surface area contributed by atoms with Crippen molar-refractivity contribution in [3.05, 3.63) is 16.1 Å². The molecule has 0 atom stereocenters. The Kier molecular flexibility index (Phi) is 7.68. The highest BCUT2D eigenvalue weighted by molar-refractivity contribution is 7.11. The lowest BCUT2D eigenvalue weighted by Gasteiger charge is -2.29. The minimum atomic E-state index is -0.341. The van der Waals surface area contributed by atoms with Crippen LogP contribution >= 0.6 is 11.3 Å². The number of carbonyl (C=O) groups excluding carboxylic acids is 1. The van der Waals surface area contributed by atoms with Gasteiger partial charge in [-0.1, -0.05) is 13.8 Å². The first-order valence-electron chi connectivity index (χ1n) is 6.84. The van der Waals surface area contributed by atoms with Gasteiger partial charge in [0, 0.05) is 31.6 Å². The molecule has 0 fully saturated rings. The minimum Gasteiger partial charge on any atom is -0.383 e.